The Morgan fingerprint density at radius 3 is 2.67 bits per heavy atom. The van der Waals surface area contributed by atoms with Crippen LogP contribution >= 0.6 is 0 Å². The van der Waals surface area contributed by atoms with E-state index in [4.69, 9.17) is 9.47 Å². The lowest BCUT2D eigenvalue weighted by Gasteiger charge is -2.07. The topological polar surface area (TPSA) is 40.5 Å². The average Bonchev–Trinajstić information content (AvgIpc) is 2.76. The zero-order chi connectivity index (χ0) is 15.4. The normalized spacial score (nSPS) is 10.9. The lowest BCUT2D eigenvalue weighted by molar-refractivity contribution is 0.0527. The Morgan fingerprint density at radius 2 is 2.05 bits per heavy atom. The number of carbonyl (C=O) groups is 1. The molecule has 0 atom stereocenters. The van der Waals surface area contributed by atoms with Crippen molar-refractivity contribution in [3.8, 4) is 5.75 Å². The Bertz CT molecular complexity index is 643. The fraction of sp³-hybridized carbons (Fsp3) is 0.471. The third kappa shape index (κ3) is 2.89. The molecule has 2 aromatic rings. The molecular weight excluding hydrogens is 266 g/mol. The minimum Gasteiger partial charge on any atom is -0.497 e. The maximum absolute atomic E-state index is 12.3. The van der Waals surface area contributed by atoms with Crippen molar-refractivity contribution in [1.82, 2.24) is 4.57 Å². The predicted octanol–water partition coefficient (Wildman–Crippen LogP) is 3.94. The van der Waals surface area contributed by atoms with Gasteiger partial charge in [0.05, 0.1) is 19.3 Å². The van der Waals surface area contributed by atoms with Crippen LogP contribution in [0.1, 0.15) is 42.7 Å². The van der Waals surface area contributed by atoms with Gasteiger partial charge in [-0.1, -0.05) is 13.3 Å². The predicted molar refractivity (Wildman–Crippen MR) is 84.1 cm³/mol. The van der Waals surface area contributed by atoms with Gasteiger partial charge >= 0.3 is 5.97 Å². The van der Waals surface area contributed by atoms with Crippen LogP contribution in [-0.2, 0) is 11.3 Å². The fourth-order valence-electron chi connectivity index (χ4n) is 2.65. The molecule has 4 heteroatoms. The number of aromatic nitrogens is 1. The maximum Gasteiger partial charge on any atom is 0.340 e. The summed E-state index contributed by atoms with van der Waals surface area (Å²) in [4.78, 5) is 12.3. The molecule has 0 N–H and O–H groups in total. The van der Waals surface area contributed by atoms with Gasteiger partial charge in [-0.25, -0.2) is 4.79 Å². The summed E-state index contributed by atoms with van der Waals surface area (Å²) in [6.45, 7) is 7.25. The van der Waals surface area contributed by atoms with Crippen LogP contribution in [0.3, 0.4) is 0 Å². The van der Waals surface area contributed by atoms with Crippen LogP contribution in [0.25, 0.3) is 10.9 Å². The van der Waals surface area contributed by atoms with Gasteiger partial charge in [-0.05, 0) is 38.5 Å². The van der Waals surface area contributed by atoms with Gasteiger partial charge in [0, 0.05) is 23.1 Å². The number of hydrogen-bond donors (Lipinski definition) is 0. The van der Waals surface area contributed by atoms with Crippen molar-refractivity contribution in [1.29, 1.82) is 0 Å². The van der Waals surface area contributed by atoms with E-state index < -0.39 is 0 Å². The van der Waals surface area contributed by atoms with Crippen LogP contribution in [0.2, 0.25) is 0 Å². The highest BCUT2D eigenvalue weighted by Crippen LogP contribution is 2.30. The standard InChI is InChI=1S/C17H23NO3/c1-5-7-10-18-12(3)16(17(19)21-6-2)14-11-13(20-4)8-9-15(14)18/h8-9,11H,5-7,10H2,1-4H3. The molecule has 1 aromatic carbocycles. The highest BCUT2D eigenvalue weighted by molar-refractivity contribution is 6.06. The maximum atomic E-state index is 12.3. The molecule has 0 aliphatic carbocycles. The highest BCUT2D eigenvalue weighted by Gasteiger charge is 2.21. The first-order valence-corrected chi connectivity index (χ1v) is 7.47. The fourth-order valence-corrected chi connectivity index (χ4v) is 2.65. The Hall–Kier alpha value is -1.97. The molecule has 0 fully saturated rings. The minimum absolute atomic E-state index is 0.261. The Balaban J connectivity index is 2.63. The molecule has 0 unspecified atom stereocenters. The van der Waals surface area contributed by atoms with Gasteiger partial charge in [0.1, 0.15) is 5.75 Å². The summed E-state index contributed by atoms with van der Waals surface area (Å²) in [7, 11) is 1.63. The van der Waals surface area contributed by atoms with Gasteiger partial charge in [0.25, 0.3) is 0 Å². The van der Waals surface area contributed by atoms with E-state index in [9.17, 15) is 4.79 Å². The van der Waals surface area contributed by atoms with E-state index in [1.165, 1.54) is 0 Å². The number of rotatable bonds is 6. The number of benzene rings is 1. The van der Waals surface area contributed by atoms with Crippen molar-refractivity contribution in [2.24, 2.45) is 0 Å². The Kier molecular flexibility index (Phi) is 4.89. The van der Waals surface area contributed by atoms with Crippen molar-refractivity contribution in [3.63, 3.8) is 0 Å². The Labute approximate surface area is 125 Å². The molecule has 0 radical (unpaired) electrons. The molecular formula is C17H23NO3. The Morgan fingerprint density at radius 1 is 1.29 bits per heavy atom. The molecule has 0 saturated carbocycles. The van der Waals surface area contributed by atoms with Crippen molar-refractivity contribution in [2.75, 3.05) is 13.7 Å². The van der Waals surface area contributed by atoms with Gasteiger partial charge in [0.2, 0.25) is 0 Å². The first kappa shape index (κ1) is 15.4. The summed E-state index contributed by atoms with van der Waals surface area (Å²) in [6, 6.07) is 5.86. The summed E-state index contributed by atoms with van der Waals surface area (Å²) >= 11 is 0. The van der Waals surface area contributed by atoms with E-state index in [-0.39, 0.29) is 5.97 Å². The minimum atomic E-state index is -0.261. The van der Waals surface area contributed by atoms with Crippen LogP contribution in [0.15, 0.2) is 18.2 Å². The van der Waals surface area contributed by atoms with Crippen molar-refractivity contribution in [2.45, 2.75) is 40.2 Å². The van der Waals surface area contributed by atoms with Crippen molar-refractivity contribution < 1.29 is 14.3 Å². The number of aryl methyl sites for hydroxylation is 1. The van der Waals surface area contributed by atoms with Gasteiger partial charge in [-0.3, -0.25) is 0 Å². The summed E-state index contributed by atoms with van der Waals surface area (Å²) in [5, 5.41) is 0.904. The first-order chi connectivity index (χ1) is 10.1. The van der Waals surface area contributed by atoms with Gasteiger partial charge in [-0.2, -0.15) is 0 Å². The quantitative estimate of drug-likeness (QED) is 0.756. The average molecular weight is 289 g/mol. The summed E-state index contributed by atoms with van der Waals surface area (Å²) in [5.41, 5.74) is 2.68. The molecule has 0 aliphatic heterocycles. The number of ether oxygens (including phenoxy) is 2. The van der Waals surface area contributed by atoms with Gasteiger partial charge in [-0.15, -0.1) is 0 Å². The number of methoxy groups -OCH3 is 1. The number of unbranched alkanes of at least 4 members (excludes halogenated alkanes) is 1. The van der Waals surface area contributed by atoms with E-state index in [1.54, 1.807) is 7.11 Å². The molecule has 0 bridgehead atoms. The second kappa shape index (κ2) is 6.66. The number of hydrogen-bond acceptors (Lipinski definition) is 3. The third-order valence-electron chi connectivity index (χ3n) is 3.75. The molecule has 1 heterocycles. The van der Waals surface area contributed by atoms with Crippen LogP contribution < -0.4 is 4.74 Å². The molecule has 2 rings (SSSR count). The summed E-state index contributed by atoms with van der Waals surface area (Å²) in [6.07, 6.45) is 2.20. The summed E-state index contributed by atoms with van der Waals surface area (Å²) in [5.74, 6) is 0.490. The molecule has 114 valence electrons. The smallest absolute Gasteiger partial charge is 0.340 e. The molecule has 21 heavy (non-hydrogen) atoms. The molecule has 1 aromatic heterocycles. The van der Waals surface area contributed by atoms with E-state index >= 15 is 0 Å². The molecule has 4 nitrogen and oxygen atoms in total. The van der Waals surface area contributed by atoms with E-state index in [1.807, 2.05) is 32.0 Å². The number of esters is 1. The monoisotopic (exact) mass is 289 g/mol. The lowest BCUT2D eigenvalue weighted by atomic mass is 10.1. The van der Waals surface area contributed by atoms with Gasteiger partial charge < -0.3 is 14.0 Å². The van der Waals surface area contributed by atoms with Crippen molar-refractivity contribution >= 4 is 16.9 Å². The van der Waals surface area contributed by atoms with Crippen LogP contribution in [0.4, 0.5) is 0 Å². The van der Waals surface area contributed by atoms with Crippen LogP contribution in [0.5, 0.6) is 5.75 Å². The van der Waals surface area contributed by atoms with Crippen LogP contribution in [-0.4, -0.2) is 24.3 Å². The molecule has 0 aliphatic rings. The number of fused-ring (bicyclic) bond motifs is 1. The second-order valence-corrected chi connectivity index (χ2v) is 5.07. The second-order valence-electron chi connectivity index (χ2n) is 5.07. The zero-order valence-electron chi connectivity index (χ0n) is 13.2. The lowest BCUT2D eigenvalue weighted by Crippen LogP contribution is -2.07. The molecule has 0 amide bonds. The zero-order valence-corrected chi connectivity index (χ0v) is 13.2. The first-order valence-electron chi connectivity index (χ1n) is 7.47. The van der Waals surface area contributed by atoms with E-state index in [0.717, 1.165) is 41.7 Å². The SMILES string of the molecule is CCCCn1c(C)c(C(=O)OCC)c2cc(OC)ccc21. The van der Waals surface area contributed by atoms with Crippen molar-refractivity contribution in [3.05, 3.63) is 29.5 Å². The van der Waals surface area contributed by atoms with Gasteiger partial charge in [0.15, 0.2) is 0 Å². The molecule has 0 saturated heterocycles. The highest BCUT2D eigenvalue weighted by atomic mass is 16.5. The molecule has 0 spiro atoms. The number of carbonyl (C=O) groups excluding carboxylic acids is 1. The van der Waals surface area contributed by atoms with E-state index in [2.05, 4.69) is 11.5 Å². The number of nitrogens with zero attached hydrogens (tertiary/aromatic N) is 1. The van der Waals surface area contributed by atoms with Crippen LogP contribution in [0, 0.1) is 6.92 Å². The third-order valence-corrected chi connectivity index (χ3v) is 3.75. The van der Waals surface area contributed by atoms with E-state index in [0.29, 0.717) is 12.2 Å². The largest absolute Gasteiger partial charge is 0.497 e. The summed E-state index contributed by atoms with van der Waals surface area (Å²) < 4.78 is 12.7.